The minimum atomic E-state index is -0.254. The zero-order chi connectivity index (χ0) is 17.1. The highest BCUT2D eigenvalue weighted by Gasteiger charge is 2.13. The van der Waals surface area contributed by atoms with Gasteiger partial charge in [-0.1, -0.05) is 23.7 Å². The van der Waals surface area contributed by atoms with Crippen molar-refractivity contribution in [1.82, 2.24) is 4.98 Å². The number of rotatable bonds is 5. The molecule has 0 unspecified atom stereocenters. The maximum atomic E-state index is 12.2. The standard InChI is InChI=1S/C17H13ClN2O2S2/c1-10(21)14-5-6-15(24-14)16(22)20-17-19-9-13(23-17)8-11-3-2-4-12(18)7-11/h2-7,9H,8H2,1H3,(H,19,20,22). The maximum Gasteiger partial charge on any atom is 0.267 e. The highest BCUT2D eigenvalue weighted by Crippen LogP contribution is 2.24. The van der Waals surface area contributed by atoms with Crippen LogP contribution in [-0.4, -0.2) is 16.7 Å². The number of thiazole rings is 1. The van der Waals surface area contributed by atoms with Crippen LogP contribution in [0.15, 0.2) is 42.6 Å². The molecule has 0 saturated heterocycles. The van der Waals surface area contributed by atoms with Crippen LogP contribution in [0.25, 0.3) is 0 Å². The largest absolute Gasteiger partial charge is 0.297 e. The molecule has 1 N–H and O–H groups in total. The van der Waals surface area contributed by atoms with Crippen molar-refractivity contribution in [1.29, 1.82) is 0 Å². The van der Waals surface area contributed by atoms with E-state index in [1.54, 1.807) is 18.3 Å². The van der Waals surface area contributed by atoms with Crippen molar-refractivity contribution in [3.05, 3.63) is 67.8 Å². The molecule has 0 radical (unpaired) electrons. The fourth-order valence-electron chi connectivity index (χ4n) is 2.10. The number of halogens is 1. The van der Waals surface area contributed by atoms with Crippen LogP contribution in [0.4, 0.5) is 5.13 Å². The number of aromatic nitrogens is 1. The number of benzene rings is 1. The lowest BCUT2D eigenvalue weighted by Gasteiger charge is -1.99. The summed E-state index contributed by atoms with van der Waals surface area (Å²) in [5.74, 6) is -0.298. The van der Waals surface area contributed by atoms with Crippen molar-refractivity contribution in [2.75, 3.05) is 5.32 Å². The Kier molecular flexibility index (Phi) is 5.08. The van der Waals surface area contributed by atoms with Crippen molar-refractivity contribution in [3.63, 3.8) is 0 Å². The lowest BCUT2D eigenvalue weighted by atomic mass is 10.1. The van der Waals surface area contributed by atoms with Crippen LogP contribution in [0.5, 0.6) is 0 Å². The van der Waals surface area contributed by atoms with Gasteiger partial charge in [0.15, 0.2) is 10.9 Å². The van der Waals surface area contributed by atoms with Crippen LogP contribution in [0.3, 0.4) is 0 Å². The maximum absolute atomic E-state index is 12.2. The van der Waals surface area contributed by atoms with Gasteiger partial charge >= 0.3 is 0 Å². The van der Waals surface area contributed by atoms with E-state index in [0.717, 1.165) is 10.4 Å². The van der Waals surface area contributed by atoms with E-state index in [-0.39, 0.29) is 11.7 Å². The molecule has 0 atom stereocenters. The number of carbonyl (C=O) groups excluding carboxylic acids is 2. The predicted molar refractivity (Wildman–Crippen MR) is 98.6 cm³/mol. The van der Waals surface area contributed by atoms with Crippen LogP contribution in [0.2, 0.25) is 5.02 Å². The van der Waals surface area contributed by atoms with Gasteiger partial charge in [-0.2, -0.15) is 0 Å². The molecule has 0 spiro atoms. The summed E-state index contributed by atoms with van der Waals surface area (Å²) in [5.41, 5.74) is 1.09. The van der Waals surface area contributed by atoms with Gasteiger partial charge in [0.2, 0.25) is 0 Å². The van der Waals surface area contributed by atoms with Gasteiger partial charge < -0.3 is 0 Å². The van der Waals surface area contributed by atoms with E-state index in [0.29, 0.717) is 26.3 Å². The van der Waals surface area contributed by atoms with Crippen molar-refractivity contribution in [2.45, 2.75) is 13.3 Å². The zero-order valence-corrected chi connectivity index (χ0v) is 15.1. The third kappa shape index (κ3) is 4.08. The SMILES string of the molecule is CC(=O)c1ccc(C(=O)Nc2ncc(Cc3cccc(Cl)c3)s2)s1. The second-order valence-corrected chi connectivity index (χ2v) is 7.75. The summed E-state index contributed by atoms with van der Waals surface area (Å²) in [6.07, 6.45) is 2.46. The Morgan fingerprint density at radius 3 is 2.67 bits per heavy atom. The van der Waals surface area contributed by atoms with Crippen LogP contribution >= 0.6 is 34.3 Å². The average Bonchev–Trinajstić information content (AvgIpc) is 3.17. The topological polar surface area (TPSA) is 59.1 Å². The van der Waals surface area contributed by atoms with Crippen molar-refractivity contribution in [2.24, 2.45) is 0 Å². The summed E-state index contributed by atoms with van der Waals surface area (Å²) in [6.45, 7) is 1.48. The first-order chi connectivity index (χ1) is 11.5. The highest BCUT2D eigenvalue weighted by atomic mass is 35.5. The van der Waals surface area contributed by atoms with Crippen LogP contribution in [0.1, 0.15) is 36.7 Å². The summed E-state index contributed by atoms with van der Waals surface area (Å²) < 4.78 is 0. The second kappa shape index (κ2) is 7.25. The van der Waals surface area contributed by atoms with Gasteiger partial charge in [-0.15, -0.1) is 22.7 Å². The van der Waals surface area contributed by atoms with Crippen LogP contribution in [0, 0.1) is 0 Å². The normalized spacial score (nSPS) is 10.6. The van der Waals surface area contributed by atoms with Gasteiger partial charge in [0.25, 0.3) is 5.91 Å². The minimum Gasteiger partial charge on any atom is -0.297 e. The molecule has 24 heavy (non-hydrogen) atoms. The lowest BCUT2D eigenvalue weighted by molar-refractivity contribution is 0.101. The molecule has 1 amide bonds. The molecule has 7 heteroatoms. The quantitative estimate of drug-likeness (QED) is 0.644. The minimum absolute atomic E-state index is 0.0443. The molecule has 0 saturated carbocycles. The number of hydrogen-bond donors (Lipinski definition) is 1. The average molecular weight is 377 g/mol. The molecule has 3 rings (SSSR count). The molecule has 4 nitrogen and oxygen atoms in total. The number of hydrogen-bond acceptors (Lipinski definition) is 5. The number of carbonyl (C=O) groups is 2. The number of anilines is 1. The predicted octanol–water partition coefficient (Wildman–Crippen LogP) is 4.90. The molecule has 0 aliphatic heterocycles. The third-order valence-electron chi connectivity index (χ3n) is 3.22. The van der Waals surface area contributed by atoms with Gasteiger partial charge in [-0.25, -0.2) is 4.98 Å². The van der Waals surface area contributed by atoms with Crippen LogP contribution < -0.4 is 5.32 Å². The Labute approximate surface area is 152 Å². The van der Waals surface area contributed by atoms with Gasteiger partial charge in [0, 0.05) is 22.5 Å². The van der Waals surface area contributed by atoms with E-state index in [9.17, 15) is 9.59 Å². The van der Waals surface area contributed by atoms with Crippen molar-refractivity contribution < 1.29 is 9.59 Å². The Morgan fingerprint density at radius 1 is 1.17 bits per heavy atom. The first-order valence-corrected chi connectivity index (χ1v) is 9.13. The first kappa shape index (κ1) is 16.8. The number of Topliss-reactive ketones (excluding diaryl/α,β-unsaturated/α-hetero) is 1. The third-order valence-corrected chi connectivity index (χ3v) is 5.55. The number of nitrogens with zero attached hydrogens (tertiary/aromatic N) is 1. The molecule has 0 aliphatic rings. The second-order valence-electron chi connectivity index (χ2n) is 5.11. The molecule has 2 heterocycles. The number of amides is 1. The van der Waals surface area contributed by atoms with E-state index >= 15 is 0 Å². The number of ketones is 1. The number of nitrogens with one attached hydrogen (secondary N) is 1. The molecular weight excluding hydrogens is 364 g/mol. The summed E-state index contributed by atoms with van der Waals surface area (Å²) in [6, 6.07) is 11.0. The van der Waals surface area contributed by atoms with Crippen molar-refractivity contribution >= 4 is 51.1 Å². The summed E-state index contributed by atoms with van der Waals surface area (Å²) in [5, 5.41) is 4.01. The first-order valence-electron chi connectivity index (χ1n) is 7.12. The molecular formula is C17H13ClN2O2S2. The fraction of sp³-hybridized carbons (Fsp3) is 0.118. The summed E-state index contributed by atoms with van der Waals surface area (Å²) >= 11 is 8.59. The molecule has 122 valence electrons. The molecule has 0 aliphatic carbocycles. The Bertz CT molecular complexity index is 901. The number of thiophene rings is 1. The molecule has 0 bridgehead atoms. The smallest absolute Gasteiger partial charge is 0.267 e. The van der Waals surface area contributed by atoms with E-state index in [4.69, 9.17) is 11.6 Å². The van der Waals surface area contributed by atoms with Gasteiger partial charge in [0.1, 0.15) is 0 Å². The Morgan fingerprint density at radius 2 is 1.96 bits per heavy atom. The summed E-state index contributed by atoms with van der Waals surface area (Å²) in [7, 11) is 0. The van der Waals surface area contributed by atoms with Gasteiger partial charge in [-0.05, 0) is 36.8 Å². The highest BCUT2D eigenvalue weighted by molar-refractivity contribution is 7.17. The monoisotopic (exact) mass is 376 g/mol. The Hall–Kier alpha value is -2.02. The van der Waals surface area contributed by atoms with Gasteiger partial charge in [-0.3, -0.25) is 14.9 Å². The Balaban J connectivity index is 1.67. The molecule has 3 aromatic rings. The summed E-state index contributed by atoms with van der Waals surface area (Å²) in [4.78, 5) is 29.8. The van der Waals surface area contributed by atoms with E-state index in [1.807, 2.05) is 24.3 Å². The van der Waals surface area contributed by atoms with Crippen LogP contribution in [-0.2, 0) is 6.42 Å². The fourth-order valence-corrected chi connectivity index (χ4v) is 3.95. The van der Waals surface area contributed by atoms with E-state index < -0.39 is 0 Å². The molecule has 1 aromatic carbocycles. The van der Waals surface area contributed by atoms with E-state index in [1.165, 1.54) is 29.6 Å². The lowest BCUT2D eigenvalue weighted by Crippen LogP contribution is -2.09. The molecule has 2 aromatic heterocycles. The zero-order valence-electron chi connectivity index (χ0n) is 12.7. The van der Waals surface area contributed by atoms with Gasteiger partial charge in [0.05, 0.1) is 9.75 Å². The molecule has 0 fully saturated rings. The van der Waals surface area contributed by atoms with E-state index in [2.05, 4.69) is 10.3 Å². The van der Waals surface area contributed by atoms with Crippen molar-refractivity contribution in [3.8, 4) is 0 Å².